The molecule has 0 spiro atoms. The fourth-order valence-corrected chi connectivity index (χ4v) is 2.62. The lowest BCUT2D eigenvalue weighted by Gasteiger charge is -2.32. The van der Waals surface area contributed by atoms with Crippen LogP contribution in [0.5, 0.6) is 0 Å². The van der Waals surface area contributed by atoms with Gasteiger partial charge in [-0.2, -0.15) is 13.2 Å². The second kappa shape index (κ2) is 8.12. The Bertz CT molecular complexity index is 728. The summed E-state index contributed by atoms with van der Waals surface area (Å²) in [6.07, 6.45) is -3.62. The van der Waals surface area contributed by atoms with Crippen molar-refractivity contribution in [3.05, 3.63) is 60.2 Å². The molecule has 0 aliphatic heterocycles. The first-order chi connectivity index (χ1) is 12.3. The van der Waals surface area contributed by atoms with E-state index in [0.29, 0.717) is 18.5 Å². The molecule has 3 N–H and O–H groups in total. The lowest BCUT2D eigenvalue weighted by Crippen LogP contribution is -2.53. The number of benzene rings is 2. The third-order valence-electron chi connectivity index (χ3n) is 4.31. The Balaban J connectivity index is 2.17. The molecule has 0 saturated heterocycles. The molecule has 1 amide bonds. The molecule has 140 valence electrons. The number of anilines is 2. The quantitative estimate of drug-likeness (QED) is 0.617. The highest BCUT2D eigenvalue weighted by atomic mass is 19.4. The minimum Gasteiger partial charge on any atom is -0.371 e. The van der Waals surface area contributed by atoms with E-state index in [2.05, 4.69) is 16.2 Å². The van der Waals surface area contributed by atoms with Gasteiger partial charge in [0.05, 0.1) is 11.3 Å². The number of halogens is 3. The Morgan fingerprint density at radius 1 is 0.923 bits per heavy atom. The third-order valence-corrected chi connectivity index (χ3v) is 4.31. The van der Waals surface area contributed by atoms with Gasteiger partial charge in [0.15, 0.2) is 0 Å². The van der Waals surface area contributed by atoms with Gasteiger partial charge < -0.3 is 5.32 Å². The smallest absolute Gasteiger partial charge is 0.371 e. The molecule has 2 aromatic rings. The Kier molecular flexibility index (Phi) is 6.13. The van der Waals surface area contributed by atoms with Crippen LogP contribution in [-0.2, 0) is 11.0 Å². The van der Waals surface area contributed by atoms with Crippen LogP contribution in [0.2, 0.25) is 0 Å². The minimum absolute atomic E-state index is 0.249. The number of hydrogen-bond acceptors (Lipinski definition) is 3. The van der Waals surface area contributed by atoms with Gasteiger partial charge in [0, 0.05) is 5.69 Å². The van der Waals surface area contributed by atoms with E-state index < -0.39 is 17.3 Å². The number of para-hydroxylation sites is 1. The van der Waals surface area contributed by atoms with Gasteiger partial charge in [0.2, 0.25) is 0 Å². The second-order valence-electron chi connectivity index (χ2n) is 5.94. The lowest BCUT2D eigenvalue weighted by molar-refractivity contribution is -0.137. The van der Waals surface area contributed by atoms with Crippen molar-refractivity contribution >= 4 is 17.3 Å². The maximum Gasteiger partial charge on any atom is 0.416 e. The zero-order valence-corrected chi connectivity index (χ0v) is 14.7. The standard InChI is InChI=1S/C19H22F3N3O/c1-3-18(4-2,17(26)25-24-15-10-6-5-7-11-15)23-16-12-8-9-14(13-16)19(20,21)22/h5-13,23-24H,3-4H2,1-2H3,(H,25,26). The van der Waals surface area contributed by atoms with E-state index in [-0.39, 0.29) is 11.6 Å². The topological polar surface area (TPSA) is 53.2 Å². The Labute approximate surface area is 150 Å². The lowest BCUT2D eigenvalue weighted by atomic mass is 9.91. The molecular weight excluding hydrogens is 343 g/mol. The summed E-state index contributed by atoms with van der Waals surface area (Å²) >= 11 is 0. The van der Waals surface area contributed by atoms with Gasteiger partial charge in [-0.05, 0) is 43.2 Å². The summed E-state index contributed by atoms with van der Waals surface area (Å²) in [5.41, 5.74) is 4.62. The van der Waals surface area contributed by atoms with Gasteiger partial charge in [-0.3, -0.25) is 15.6 Å². The summed E-state index contributed by atoms with van der Waals surface area (Å²) in [5, 5.41) is 2.99. The molecule has 0 aromatic heterocycles. The van der Waals surface area contributed by atoms with Crippen molar-refractivity contribution in [1.29, 1.82) is 0 Å². The minimum atomic E-state index is -4.43. The molecule has 0 aliphatic carbocycles. The highest BCUT2D eigenvalue weighted by Crippen LogP contribution is 2.32. The molecule has 0 unspecified atom stereocenters. The predicted octanol–water partition coefficient (Wildman–Crippen LogP) is 4.82. The summed E-state index contributed by atoms with van der Waals surface area (Å²) in [4.78, 5) is 12.7. The van der Waals surface area contributed by atoms with Crippen LogP contribution >= 0.6 is 0 Å². The van der Waals surface area contributed by atoms with Gasteiger partial charge in [-0.15, -0.1) is 0 Å². The van der Waals surface area contributed by atoms with E-state index in [0.717, 1.165) is 12.1 Å². The number of rotatable bonds is 7. The summed E-state index contributed by atoms with van der Waals surface area (Å²) < 4.78 is 38.7. The Morgan fingerprint density at radius 2 is 1.54 bits per heavy atom. The molecule has 0 fully saturated rings. The van der Waals surface area contributed by atoms with Gasteiger partial charge in [-0.25, -0.2) is 0 Å². The fraction of sp³-hybridized carbons (Fsp3) is 0.316. The van der Waals surface area contributed by atoms with Crippen LogP contribution in [-0.4, -0.2) is 11.4 Å². The molecule has 2 aromatic carbocycles. The van der Waals surface area contributed by atoms with Crippen molar-refractivity contribution in [2.45, 2.75) is 38.4 Å². The van der Waals surface area contributed by atoms with Crippen molar-refractivity contribution in [3.8, 4) is 0 Å². The summed E-state index contributed by atoms with van der Waals surface area (Å²) in [7, 11) is 0. The van der Waals surface area contributed by atoms with Crippen molar-refractivity contribution in [2.24, 2.45) is 0 Å². The van der Waals surface area contributed by atoms with E-state index in [9.17, 15) is 18.0 Å². The Morgan fingerprint density at radius 3 is 2.12 bits per heavy atom. The highest BCUT2D eigenvalue weighted by Gasteiger charge is 2.36. The van der Waals surface area contributed by atoms with Crippen LogP contribution in [0, 0.1) is 0 Å². The number of carbonyl (C=O) groups is 1. The maximum absolute atomic E-state index is 12.9. The van der Waals surface area contributed by atoms with Crippen LogP contribution < -0.4 is 16.2 Å². The van der Waals surface area contributed by atoms with Gasteiger partial charge in [0.25, 0.3) is 5.91 Å². The molecule has 0 bridgehead atoms. The normalized spacial score (nSPS) is 11.7. The molecule has 4 nitrogen and oxygen atoms in total. The molecule has 0 heterocycles. The molecule has 0 aliphatic rings. The maximum atomic E-state index is 12.9. The van der Waals surface area contributed by atoms with E-state index in [1.54, 1.807) is 12.1 Å². The molecule has 0 saturated carbocycles. The van der Waals surface area contributed by atoms with Crippen molar-refractivity contribution < 1.29 is 18.0 Å². The summed E-state index contributed by atoms with van der Waals surface area (Å²) in [5.74, 6) is -0.344. The van der Waals surface area contributed by atoms with Gasteiger partial charge >= 0.3 is 6.18 Å². The van der Waals surface area contributed by atoms with Crippen LogP contribution in [0.3, 0.4) is 0 Å². The van der Waals surface area contributed by atoms with E-state index in [1.807, 2.05) is 32.0 Å². The number of alkyl halides is 3. The summed E-state index contributed by atoms with van der Waals surface area (Å²) in [6, 6.07) is 13.9. The second-order valence-corrected chi connectivity index (χ2v) is 5.94. The first kappa shape index (κ1) is 19.6. The van der Waals surface area contributed by atoms with Crippen molar-refractivity contribution in [2.75, 3.05) is 10.7 Å². The fourth-order valence-electron chi connectivity index (χ4n) is 2.62. The largest absolute Gasteiger partial charge is 0.416 e. The van der Waals surface area contributed by atoms with Gasteiger partial charge in [0.1, 0.15) is 5.54 Å². The molecule has 2 rings (SSSR count). The number of hydrogen-bond donors (Lipinski definition) is 3. The van der Waals surface area contributed by atoms with Crippen LogP contribution in [0.4, 0.5) is 24.5 Å². The van der Waals surface area contributed by atoms with Crippen molar-refractivity contribution in [3.63, 3.8) is 0 Å². The number of hydrazine groups is 1. The number of amides is 1. The molecule has 0 atom stereocenters. The average Bonchev–Trinajstić information content (AvgIpc) is 2.64. The zero-order chi connectivity index (χ0) is 19.2. The average molecular weight is 365 g/mol. The number of nitrogens with one attached hydrogen (secondary N) is 3. The van der Waals surface area contributed by atoms with Crippen molar-refractivity contribution in [1.82, 2.24) is 5.43 Å². The summed E-state index contributed by atoms with van der Waals surface area (Å²) in [6.45, 7) is 3.62. The highest BCUT2D eigenvalue weighted by molar-refractivity contribution is 5.90. The van der Waals surface area contributed by atoms with Crippen LogP contribution in [0.25, 0.3) is 0 Å². The van der Waals surface area contributed by atoms with E-state index >= 15 is 0 Å². The van der Waals surface area contributed by atoms with E-state index in [1.165, 1.54) is 12.1 Å². The Hall–Kier alpha value is -2.70. The third kappa shape index (κ3) is 4.68. The monoisotopic (exact) mass is 365 g/mol. The first-order valence-electron chi connectivity index (χ1n) is 8.37. The molecule has 7 heteroatoms. The SMILES string of the molecule is CCC(CC)(Nc1cccc(C(F)(F)F)c1)C(=O)NNc1ccccc1. The molecule has 0 radical (unpaired) electrons. The molecule has 26 heavy (non-hydrogen) atoms. The van der Waals surface area contributed by atoms with Crippen LogP contribution in [0.15, 0.2) is 54.6 Å². The van der Waals surface area contributed by atoms with Gasteiger partial charge in [-0.1, -0.05) is 38.1 Å². The van der Waals surface area contributed by atoms with Crippen LogP contribution in [0.1, 0.15) is 32.3 Å². The molecular formula is C19H22F3N3O. The first-order valence-corrected chi connectivity index (χ1v) is 8.37. The number of carbonyl (C=O) groups excluding carboxylic acids is 1. The predicted molar refractivity (Wildman–Crippen MR) is 96.6 cm³/mol. The zero-order valence-electron chi connectivity index (χ0n) is 14.7. The van der Waals surface area contributed by atoms with E-state index in [4.69, 9.17) is 0 Å².